The summed E-state index contributed by atoms with van der Waals surface area (Å²) in [5, 5.41) is 3.49. The van der Waals surface area contributed by atoms with Crippen LogP contribution in [0.15, 0.2) is 0 Å². The fourth-order valence-electron chi connectivity index (χ4n) is 2.75. The fourth-order valence-corrected chi connectivity index (χ4v) is 2.75. The van der Waals surface area contributed by atoms with Crippen LogP contribution in [0.2, 0.25) is 0 Å². The molecule has 1 fully saturated rings. The second-order valence-electron chi connectivity index (χ2n) is 5.50. The predicted octanol–water partition coefficient (Wildman–Crippen LogP) is 1.46. The van der Waals surface area contributed by atoms with E-state index in [9.17, 15) is 0 Å². The second-order valence-corrected chi connectivity index (χ2v) is 5.50. The molecule has 0 spiro atoms. The minimum absolute atomic E-state index is 0.248. The van der Waals surface area contributed by atoms with Crippen LogP contribution in [0.25, 0.3) is 0 Å². The van der Waals surface area contributed by atoms with Crippen LogP contribution in [0.5, 0.6) is 0 Å². The molecule has 20 heavy (non-hydrogen) atoms. The first-order valence-electron chi connectivity index (χ1n) is 7.63. The van der Waals surface area contributed by atoms with Gasteiger partial charge in [-0.15, -0.1) is 0 Å². The van der Waals surface area contributed by atoms with E-state index in [4.69, 9.17) is 18.9 Å². The van der Waals surface area contributed by atoms with Crippen molar-refractivity contribution >= 4 is 0 Å². The van der Waals surface area contributed by atoms with E-state index in [0.29, 0.717) is 19.3 Å². The van der Waals surface area contributed by atoms with Gasteiger partial charge in [0.15, 0.2) is 0 Å². The molecule has 1 N–H and O–H groups in total. The van der Waals surface area contributed by atoms with Gasteiger partial charge in [0, 0.05) is 45.9 Å². The lowest BCUT2D eigenvalue weighted by Crippen LogP contribution is -2.40. The highest BCUT2D eigenvalue weighted by atomic mass is 16.5. The Morgan fingerprint density at radius 3 is 2.60 bits per heavy atom. The van der Waals surface area contributed by atoms with Gasteiger partial charge in [-0.05, 0) is 26.2 Å². The Bertz CT molecular complexity index is 240. The van der Waals surface area contributed by atoms with E-state index in [0.717, 1.165) is 52.2 Å². The molecule has 0 aromatic carbocycles. The van der Waals surface area contributed by atoms with E-state index in [-0.39, 0.29) is 5.41 Å². The number of methoxy groups -OCH3 is 2. The highest BCUT2D eigenvalue weighted by Crippen LogP contribution is 2.38. The van der Waals surface area contributed by atoms with Crippen molar-refractivity contribution in [3.63, 3.8) is 0 Å². The van der Waals surface area contributed by atoms with Crippen molar-refractivity contribution in [3.05, 3.63) is 0 Å². The second kappa shape index (κ2) is 10.5. The summed E-state index contributed by atoms with van der Waals surface area (Å²) in [5.74, 6) is 0. The number of hydrogen-bond acceptors (Lipinski definition) is 5. The molecule has 5 nitrogen and oxygen atoms in total. The van der Waals surface area contributed by atoms with E-state index in [2.05, 4.69) is 12.2 Å². The molecule has 2 atom stereocenters. The maximum absolute atomic E-state index is 5.79. The zero-order chi connectivity index (χ0) is 14.7. The lowest BCUT2D eigenvalue weighted by molar-refractivity contribution is 0.0399. The Kier molecular flexibility index (Phi) is 9.39. The Labute approximate surface area is 123 Å². The smallest absolute Gasteiger partial charge is 0.0700 e. The quantitative estimate of drug-likeness (QED) is 0.551. The van der Waals surface area contributed by atoms with Crippen LogP contribution in [0.1, 0.15) is 26.2 Å². The Morgan fingerprint density at radius 2 is 1.95 bits per heavy atom. The van der Waals surface area contributed by atoms with E-state index in [1.165, 1.54) is 0 Å². The van der Waals surface area contributed by atoms with Gasteiger partial charge in [0.1, 0.15) is 0 Å². The molecule has 0 amide bonds. The Hall–Kier alpha value is -0.200. The number of ether oxygens (including phenoxy) is 4. The third-order valence-corrected chi connectivity index (χ3v) is 4.19. The van der Waals surface area contributed by atoms with Crippen molar-refractivity contribution in [3.8, 4) is 0 Å². The zero-order valence-electron chi connectivity index (χ0n) is 13.3. The standard InChI is InChI=1S/C15H31NO4/c1-14-15(6-9-20-14,13-16-7-10-17-2)5-4-8-19-12-11-18-3/h14,16H,4-13H2,1-3H3. The van der Waals surface area contributed by atoms with Crippen molar-refractivity contribution in [2.24, 2.45) is 5.41 Å². The zero-order valence-corrected chi connectivity index (χ0v) is 13.3. The molecular weight excluding hydrogens is 258 g/mol. The van der Waals surface area contributed by atoms with Crippen LogP contribution >= 0.6 is 0 Å². The van der Waals surface area contributed by atoms with Gasteiger partial charge in [-0.25, -0.2) is 0 Å². The minimum atomic E-state index is 0.248. The molecule has 1 aliphatic rings. The van der Waals surface area contributed by atoms with Gasteiger partial charge >= 0.3 is 0 Å². The lowest BCUT2D eigenvalue weighted by Gasteiger charge is -2.32. The first-order valence-corrected chi connectivity index (χ1v) is 7.63. The first kappa shape index (κ1) is 17.9. The molecule has 1 heterocycles. The highest BCUT2D eigenvalue weighted by molar-refractivity contribution is 4.91. The fraction of sp³-hybridized carbons (Fsp3) is 1.00. The third kappa shape index (κ3) is 6.06. The van der Waals surface area contributed by atoms with Crippen molar-refractivity contribution in [1.82, 2.24) is 5.32 Å². The van der Waals surface area contributed by atoms with E-state index in [1.807, 2.05) is 0 Å². The molecule has 1 aliphatic heterocycles. The number of nitrogens with one attached hydrogen (secondary N) is 1. The van der Waals surface area contributed by atoms with Crippen molar-refractivity contribution in [2.75, 3.05) is 60.3 Å². The summed E-state index contributed by atoms with van der Waals surface area (Å²) in [4.78, 5) is 0. The monoisotopic (exact) mass is 289 g/mol. The molecule has 1 saturated heterocycles. The summed E-state index contributed by atoms with van der Waals surface area (Å²) in [6.07, 6.45) is 3.66. The van der Waals surface area contributed by atoms with Gasteiger partial charge in [0.25, 0.3) is 0 Å². The molecule has 120 valence electrons. The van der Waals surface area contributed by atoms with Crippen LogP contribution in [-0.2, 0) is 18.9 Å². The van der Waals surface area contributed by atoms with Gasteiger partial charge in [-0.3, -0.25) is 0 Å². The highest BCUT2D eigenvalue weighted by Gasteiger charge is 2.40. The Morgan fingerprint density at radius 1 is 1.15 bits per heavy atom. The molecule has 2 unspecified atom stereocenters. The maximum atomic E-state index is 5.79. The number of hydrogen-bond donors (Lipinski definition) is 1. The number of rotatable bonds is 12. The summed E-state index contributed by atoms with van der Waals surface area (Å²) in [7, 11) is 3.43. The lowest BCUT2D eigenvalue weighted by atomic mass is 9.77. The molecule has 1 rings (SSSR count). The normalized spacial score (nSPS) is 26.2. The SMILES string of the molecule is COCCNCC1(CCCOCCOC)CCOC1C. The molecule has 0 bridgehead atoms. The van der Waals surface area contributed by atoms with Gasteiger partial charge in [-0.1, -0.05) is 0 Å². The summed E-state index contributed by atoms with van der Waals surface area (Å²) >= 11 is 0. The van der Waals surface area contributed by atoms with Gasteiger partial charge < -0.3 is 24.3 Å². The summed E-state index contributed by atoms with van der Waals surface area (Å²) < 4.78 is 21.4. The molecule has 5 heteroatoms. The minimum Gasteiger partial charge on any atom is -0.383 e. The van der Waals surface area contributed by atoms with E-state index >= 15 is 0 Å². The predicted molar refractivity (Wildman–Crippen MR) is 79.1 cm³/mol. The topological polar surface area (TPSA) is 49.0 Å². The van der Waals surface area contributed by atoms with Crippen molar-refractivity contribution in [2.45, 2.75) is 32.3 Å². The van der Waals surface area contributed by atoms with Crippen molar-refractivity contribution < 1.29 is 18.9 Å². The van der Waals surface area contributed by atoms with Gasteiger partial charge in [0.05, 0.1) is 25.9 Å². The van der Waals surface area contributed by atoms with Crippen LogP contribution in [0, 0.1) is 5.41 Å². The molecule has 0 saturated carbocycles. The largest absolute Gasteiger partial charge is 0.383 e. The molecular formula is C15H31NO4. The van der Waals surface area contributed by atoms with Crippen LogP contribution < -0.4 is 5.32 Å². The van der Waals surface area contributed by atoms with Crippen LogP contribution in [-0.4, -0.2) is 66.4 Å². The van der Waals surface area contributed by atoms with Gasteiger partial charge in [0.2, 0.25) is 0 Å². The summed E-state index contributed by atoms with van der Waals surface area (Å²) in [5.41, 5.74) is 0.248. The third-order valence-electron chi connectivity index (χ3n) is 4.19. The maximum Gasteiger partial charge on any atom is 0.0700 e. The molecule has 0 aromatic rings. The average Bonchev–Trinajstić information content (AvgIpc) is 2.81. The first-order chi connectivity index (χ1) is 9.75. The van der Waals surface area contributed by atoms with E-state index in [1.54, 1.807) is 14.2 Å². The van der Waals surface area contributed by atoms with Gasteiger partial charge in [-0.2, -0.15) is 0 Å². The average molecular weight is 289 g/mol. The summed E-state index contributed by atoms with van der Waals surface area (Å²) in [6, 6.07) is 0. The van der Waals surface area contributed by atoms with Crippen LogP contribution in [0.3, 0.4) is 0 Å². The van der Waals surface area contributed by atoms with Crippen LogP contribution in [0.4, 0.5) is 0 Å². The van der Waals surface area contributed by atoms with E-state index < -0.39 is 0 Å². The molecule has 0 radical (unpaired) electrons. The molecule has 0 aliphatic carbocycles. The molecule has 0 aromatic heterocycles. The summed E-state index contributed by atoms with van der Waals surface area (Å²) in [6.45, 7) is 7.87. The van der Waals surface area contributed by atoms with Crippen molar-refractivity contribution in [1.29, 1.82) is 0 Å². The Balaban J connectivity index is 2.25.